The molecule has 0 amide bonds. The SMILES string of the molecule is CCCOc1ccc(F)c2c(=O)c(-c3ccc(OC)cc3)cn(CO)c12. The molecule has 2 aromatic carbocycles. The average Bonchev–Trinajstić information content (AvgIpc) is 2.67. The summed E-state index contributed by atoms with van der Waals surface area (Å²) in [6.07, 6.45) is 2.29. The first kappa shape index (κ1) is 17.9. The van der Waals surface area contributed by atoms with E-state index in [2.05, 4.69) is 0 Å². The van der Waals surface area contributed by atoms with Gasteiger partial charge in [-0.2, -0.15) is 0 Å². The number of halogens is 1. The van der Waals surface area contributed by atoms with Crippen LogP contribution in [0.4, 0.5) is 4.39 Å². The summed E-state index contributed by atoms with van der Waals surface area (Å²) in [5, 5.41) is 9.69. The molecule has 136 valence electrons. The van der Waals surface area contributed by atoms with Crippen molar-refractivity contribution in [1.82, 2.24) is 4.57 Å². The molecular weight excluding hydrogens is 337 g/mol. The van der Waals surface area contributed by atoms with Gasteiger partial charge in [-0.05, 0) is 36.2 Å². The summed E-state index contributed by atoms with van der Waals surface area (Å²) in [5.41, 5.74) is 0.706. The number of hydrogen-bond donors (Lipinski definition) is 1. The molecule has 0 aliphatic carbocycles. The smallest absolute Gasteiger partial charge is 0.200 e. The number of benzene rings is 2. The molecule has 1 aromatic heterocycles. The number of ether oxygens (including phenoxy) is 2. The lowest BCUT2D eigenvalue weighted by atomic mass is 10.0. The Bertz CT molecular complexity index is 980. The van der Waals surface area contributed by atoms with Crippen LogP contribution >= 0.6 is 0 Å². The summed E-state index contributed by atoms with van der Waals surface area (Å²) in [4.78, 5) is 13.0. The fraction of sp³-hybridized carbons (Fsp3) is 0.250. The van der Waals surface area contributed by atoms with Gasteiger partial charge in [0.25, 0.3) is 0 Å². The van der Waals surface area contributed by atoms with E-state index >= 15 is 0 Å². The van der Waals surface area contributed by atoms with Crippen LogP contribution in [0.2, 0.25) is 0 Å². The summed E-state index contributed by atoms with van der Waals surface area (Å²) in [6, 6.07) is 9.58. The molecule has 0 saturated carbocycles. The number of pyridine rings is 1. The molecule has 0 saturated heterocycles. The maximum absolute atomic E-state index is 14.5. The van der Waals surface area contributed by atoms with Crippen LogP contribution in [0.15, 0.2) is 47.4 Å². The molecule has 0 fully saturated rings. The molecule has 6 heteroatoms. The summed E-state index contributed by atoms with van der Waals surface area (Å²) in [5.74, 6) is 0.376. The number of aliphatic hydroxyl groups is 1. The van der Waals surface area contributed by atoms with Gasteiger partial charge in [-0.3, -0.25) is 4.79 Å². The van der Waals surface area contributed by atoms with Gasteiger partial charge in [0.05, 0.1) is 24.6 Å². The Morgan fingerprint density at radius 1 is 1.15 bits per heavy atom. The highest BCUT2D eigenvalue weighted by Gasteiger charge is 2.18. The van der Waals surface area contributed by atoms with Crippen molar-refractivity contribution in [2.75, 3.05) is 13.7 Å². The van der Waals surface area contributed by atoms with Crippen molar-refractivity contribution in [3.05, 3.63) is 58.6 Å². The second-order valence-corrected chi connectivity index (χ2v) is 5.83. The number of aromatic nitrogens is 1. The standard InChI is InChI=1S/C20H20FNO4/c1-3-10-26-17-9-8-16(21)18-19(17)22(12-23)11-15(20(18)24)13-4-6-14(25-2)7-5-13/h4-9,11,23H,3,10,12H2,1-2H3. The number of methoxy groups -OCH3 is 1. The second-order valence-electron chi connectivity index (χ2n) is 5.83. The zero-order chi connectivity index (χ0) is 18.7. The summed E-state index contributed by atoms with van der Waals surface area (Å²) in [7, 11) is 1.55. The maximum atomic E-state index is 14.5. The fourth-order valence-electron chi connectivity index (χ4n) is 2.88. The maximum Gasteiger partial charge on any atom is 0.200 e. The van der Waals surface area contributed by atoms with Crippen molar-refractivity contribution in [2.24, 2.45) is 0 Å². The Hall–Kier alpha value is -2.86. The van der Waals surface area contributed by atoms with Crippen LogP contribution in [0.5, 0.6) is 11.5 Å². The van der Waals surface area contributed by atoms with E-state index in [4.69, 9.17) is 9.47 Å². The summed E-state index contributed by atoms with van der Waals surface area (Å²) >= 11 is 0. The Morgan fingerprint density at radius 2 is 1.88 bits per heavy atom. The van der Waals surface area contributed by atoms with Gasteiger partial charge in [-0.1, -0.05) is 19.1 Å². The van der Waals surface area contributed by atoms with Crippen molar-refractivity contribution in [3.63, 3.8) is 0 Å². The lowest BCUT2D eigenvalue weighted by molar-refractivity contribution is 0.213. The number of hydrogen-bond acceptors (Lipinski definition) is 4. The van der Waals surface area contributed by atoms with Crippen LogP contribution in [0, 0.1) is 5.82 Å². The largest absolute Gasteiger partial charge is 0.497 e. The van der Waals surface area contributed by atoms with E-state index in [1.165, 1.54) is 22.9 Å². The summed E-state index contributed by atoms with van der Waals surface area (Å²) < 4.78 is 26.7. The van der Waals surface area contributed by atoms with E-state index < -0.39 is 18.0 Å². The van der Waals surface area contributed by atoms with Crippen molar-refractivity contribution in [1.29, 1.82) is 0 Å². The molecule has 26 heavy (non-hydrogen) atoms. The van der Waals surface area contributed by atoms with E-state index in [9.17, 15) is 14.3 Å². The van der Waals surface area contributed by atoms with Crippen LogP contribution < -0.4 is 14.9 Å². The number of nitrogens with zero attached hydrogens (tertiary/aromatic N) is 1. The predicted octanol–water partition coefficient (Wildman–Crippen LogP) is 3.55. The first-order chi connectivity index (χ1) is 12.6. The zero-order valence-corrected chi connectivity index (χ0v) is 14.7. The van der Waals surface area contributed by atoms with Gasteiger partial charge in [-0.15, -0.1) is 0 Å². The van der Waals surface area contributed by atoms with Gasteiger partial charge < -0.3 is 19.1 Å². The van der Waals surface area contributed by atoms with Crippen molar-refractivity contribution < 1.29 is 19.0 Å². The number of fused-ring (bicyclic) bond motifs is 1. The van der Waals surface area contributed by atoms with E-state index in [0.717, 1.165) is 6.42 Å². The molecule has 0 atom stereocenters. The van der Waals surface area contributed by atoms with Gasteiger partial charge in [0.1, 0.15) is 24.0 Å². The van der Waals surface area contributed by atoms with E-state index in [-0.39, 0.29) is 10.9 Å². The Kier molecular flexibility index (Phi) is 5.23. The highest BCUT2D eigenvalue weighted by atomic mass is 19.1. The lowest BCUT2D eigenvalue weighted by Crippen LogP contribution is -2.15. The van der Waals surface area contributed by atoms with E-state index in [0.29, 0.717) is 29.2 Å². The third kappa shape index (κ3) is 3.15. The average molecular weight is 357 g/mol. The van der Waals surface area contributed by atoms with Gasteiger partial charge in [0.15, 0.2) is 5.43 Å². The van der Waals surface area contributed by atoms with Crippen molar-refractivity contribution >= 4 is 10.9 Å². The molecule has 0 aliphatic heterocycles. The van der Waals surface area contributed by atoms with Crippen molar-refractivity contribution in [3.8, 4) is 22.6 Å². The third-order valence-corrected chi connectivity index (χ3v) is 4.15. The zero-order valence-electron chi connectivity index (χ0n) is 14.7. The molecule has 1 heterocycles. The minimum atomic E-state index is -0.647. The predicted molar refractivity (Wildman–Crippen MR) is 98.2 cm³/mol. The highest BCUT2D eigenvalue weighted by Crippen LogP contribution is 2.29. The van der Waals surface area contributed by atoms with Crippen LogP contribution in [0.25, 0.3) is 22.0 Å². The molecule has 0 aliphatic rings. The molecular formula is C20H20FNO4. The second kappa shape index (κ2) is 7.58. The molecule has 0 radical (unpaired) electrons. The first-order valence-electron chi connectivity index (χ1n) is 8.34. The Labute approximate surface area is 150 Å². The van der Waals surface area contributed by atoms with Gasteiger partial charge in [0.2, 0.25) is 0 Å². The molecule has 0 unspecified atom stereocenters. The molecule has 3 aromatic rings. The van der Waals surface area contributed by atoms with E-state index in [1.54, 1.807) is 31.4 Å². The van der Waals surface area contributed by atoms with Crippen LogP contribution in [0.3, 0.4) is 0 Å². The summed E-state index contributed by atoms with van der Waals surface area (Å²) in [6.45, 7) is 1.97. The molecule has 3 rings (SSSR count). The van der Waals surface area contributed by atoms with Crippen LogP contribution in [-0.2, 0) is 6.73 Å². The monoisotopic (exact) mass is 357 g/mol. The van der Waals surface area contributed by atoms with Crippen LogP contribution in [-0.4, -0.2) is 23.4 Å². The minimum absolute atomic E-state index is 0.0963. The molecule has 0 bridgehead atoms. The minimum Gasteiger partial charge on any atom is -0.497 e. The van der Waals surface area contributed by atoms with Crippen LogP contribution in [0.1, 0.15) is 13.3 Å². The number of rotatable bonds is 6. The quantitative estimate of drug-likeness (QED) is 0.733. The molecule has 1 N–H and O–H groups in total. The van der Waals surface area contributed by atoms with Gasteiger partial charge >= 0.3 is 0 Å². The lowest BCUT2D eigenvalue weighted by Gasteiger charge is -2.16. The first-order valence-corrected chi connectivity index (χ1v) is 8.34. The van der Waals surface area contributed by atoms with Gasteiger partial charge in [0, 0.05) is 11.8 Å². The topological polar surface area (TPSA) is 60.7 Å². The highest BCUT2D eigenvalue weighted by molar-refractivity contribution is 5.89. The molecule has 5 nitrogen and oxygen atoms in total. The Balaban J connectivity index is 2.28. The molecule has 0 spiro atoms. The van der Waals surface area contributed by atoms with E-state index in [1.807, 2.05) is 6.92 Å². The normalized spacial score (nSPS) is 10.9. The van der Waals surface area contributed by atoms with Gasteiger partial charge in [-0.25, -0.2) is 4.39 Å². The van der Waals surface area contributed by atoms with Crippen molar-refractivity contribution in [2.45, 2.75) is 20.1 Å². The Morgan fingerprint density at radius 3 is 2.50 bits per heavy atom. The third-order valence-electron chi connectivity index (χ3n) is 4.15. The number of aliphatic hydroxyl groups excluding tert-OH is 1. The fourth-order valence-corrected chi connectivity index (χ4v) is 2.88.